The Labute approximate surface area is 110 Å². The van der Waals surface area contributed by atoms with Crippen LogP contribution in [0.3, 0.4) is 0 Å². The molecular weight excluding hydrogens is 251 g/mol. The highest BCUT2D eigenvalue weighted by Gasteiger charge is 2.10. The van der Waals surface area contributed by atoms with E-state index < -0.39 is 17.5 Å². The fraction of sp³-hybridized carbons (Fsp3) is 0.200. The molecule has 1 nitrogen and oxygen atoms in total. The Kier molecular flexibility index (Phi) is 3.79. The molecule has 0 amide bonds. The molecule has 0 atom stereocenters. The molecule has 0 radical (unpaired) electrons. The van der Waals surface area contributed by atoms with Gasteiger partial charge < -0.3 is 5.32 Å². The second kappa shape index (κ2) is 5.34. The van der Waals surface area contributed by atoms with E-state index in [-0.39, 0.29) is 5.69 Å². The van der Waals surface area contributed by atoms with Crippen molar-refractivity contribution in [3.63, 3.8) is 0 Å². The van der Waals surface area contributed by atoms with Gasteiger partial charge in [-0.25, -0.2) is 13.2 Å². The number of hydrogen-bond donors (Lipinski definition) is 1. The standard InChI is InChI=1S/C15H14F3N/c1-9-4-3-5-10(2)12(9)8-19-11-6-13(16)15(18)14(17)7-11/h3-7,19H,8H2,1-2H3. The van der Waals surface area contributed by atoms with Crippen molar-refractivity contribution < 1.29 is 13.2 Å². The molecule has 100 valence electrons. The zero-order chi connectivity index (χ0) is 14.0. The molecule has 2 aromatic carbocycles. The van der Waals surface area contributed by atoms with Gasteiger partial charge in [-0.3, -0.25) is 0 Å². The third-order valence-corrected chi connectivity index (χ3v) is 3.10. The minimum absolute atomic E-state index is 0.221. The molecule has 0 aliphatic carbocycles. The van der Waals surface area contributed by atoms with Gasteiger partial charge in [-0.05, 0) is 30.5 Å². The van der Waals surface area contributed by atoms with Gasteiger partial charge >= 0.3 is 0 Å². The number of benzene rings is 2. The van der Waals surface area contributed by atoms with Crippen LogP contribution in [0.2, 0.25) is 0 Å². The highest BCUT2D eigenvalue weighted by molar-refractivity contribution is 5.46. The van der Waals surface area contributed by atoms with Gasteiger partial charge in [0.25, 0.3) is 0 Å². The number of rotatable bonds is 3. The van der Waals surface area contributed by atoms with Gasteiger partial charge in [0, 0.05) is 24.4 Å². The fourth-order valence-electron chi connectivity index (χ4n) is 1.98. The highest BCUT2D eigenvalue weighted by atomic mass is 19.2. The topological polar surface area (TPSA) is 12.0 Å². The maximum atomic E-state index is 13.1. The van der Waals surface area contributed by atoms with Crippen molar-refractivity contribution in [1.82, 2.24) is 0 Å². The average molecular weight is 265 g/mol. The summed E-state index contributed by atoms with van der Waals surface area (Å²) in [6.07, 6.45) is 0. The number of halogens is 3. The Morgan fingerprint density at radius 3 is 2.00 bits per heavy atom. The zero-order valence-electron chi connectivity index (χ0n) is 10.7. The van der Waals surface area contributed by atoms with E-state index in [1.807, 2.05) is 32.0 Å². The van der Waals surface area contributed by atoms with Crippen LogP contribution in [0.1, 0.15) is 16.7 Å². The van der Waals surface area contributed by atoms with Crippen LogP contribution in [0.15, 0.2) is 30.3 Å². The van der Waals surface area contributed by atoms with Crippen LogP contribution in [0, 0.1) is 31.3 Å². The first-order valence-electron chi connectivity index (χ1n) is 5.92. The van der Waals surface area contributed by atoms with Gasteiger partial charge in [-0.1, -0.05) is 18.2 Å². The summed E-state index contributed by atoms with van der Waals surface area (Å²) in [4.78, 5) is 0. The van der Waals surface area contributed by atoms with Crippen LogP contribution in [0.4, 0.5) is 18.9 Å². The van der Waals surface area contributed by atoms with Crippen LogP contribution in [-0.2, 0) is 6.54 Å². The molecule has 0 saturated heterocycles. The van der Waals surface area contributed by atoms with E-state index in [0.717, 1.165) is 28.8 Å². The summed E-state index contributed by atoms with van der Waals surface area (Å²) in [5.41, 5.74) is 3.47. The van der Waals surface area contributed by atoms with Crippen LogP contribution in [0.5, 0.6) is 0 Å². The molecule has 2 aromatic rings. The van der Waals surface area contributed by atoms with Crippen molar-refractivity contribution in [2.45, 2.75) is 20.4 Å². The minimum atomic E-state index is -1.45. The Morgan fingerprint density at radius 2 is 1.47 bits per heavy atom. The smallest absolute Gasteiger partial charge is 0.194 e. The van der Waals surface area contributed by atoms with Crippen LogP contribution in [0.25, 0.3) is 0 Å². The lowest BCUT2D eigenvalue weighted by atomic mass is 10.0. The molecule has 0 aliphatic heterocycles. The summed E-state index contributed by atoms with van der Waals surface area (Å²) in [6.45, 7) is 4.37. The Hall–Kier alpha value is -1.97. The molecule has 0 fully saturated rings. The van der Waals surface area contributed by atoms with E-state index in [1.54, 1.807) is 0 Å². The van der Waals surface area contributed by atoms with E-state index >= 15 is 0 Å². The Balaban J connectivity index is 2.19. The zero-order valence-corrected chi connectivity index (χ0v) is 10.7. The van der Waals surface area contributed by atoms with Gasteiger partial charge in [0.15, 0.2) is 17.5 Å². The quantitative estimate of drug-likeness (QED) is 0.814. The first kappa shape index (κ1) is 13.5. The first-order chi connectivity index (χ1) is 8.99. The lowest BCUT2D eigenvalue weighted by molar-refractivity contribution is 0.447. The van der Waals surface area contributed by atoms with E-state index in [9.17, 15) is 13.2 Å². The second-order valence-corrected chi connectivity index (χ2v) is 4.48. The summed E-state index contributed by atoms with van der Waals surface area (Å²) in [6, 6.07) is 7.79. The summed E-state index contributed by atoms with van der Waals surface area (Å²) in [7, 11) is 0. The number of aryl methyl sites for hydroxylation is 2. The molecule has 1 N–H and O–H groups in total. The minimum Gasteiger partial charge on any atom is -0.381 e. The maximum Gasteiger partial charge on any atom is 0.194 e. The molecule has 0 bridgehead atoms. The SMILES string of the molecule is Cc1cccc(C)c1CNc1cc(F)c(F)c(F)c1. The molecular formula is C15H14F3N. The number of anilines is 1. The van der Waals surface area contributed by atoms with E-state index in [1.165, 1.54) is 0 Å². The summed E-state index contributed by atoms with van der Waals surface area (Å²) < 4.78 is 39.0. The van der Waals surface area contributed by atoms with Crippen molar-refractivity contribution in [2.75, 3.05) is 5.32 Å². The third kappa shape index (κ3) is 2.89. The Bertz CT molecular complexity index is 565. The monoisotopic (exact) mass is 265 g/mol. The normalized spacial score (nSPS) is 10.6. The predicted molar refractivity (Wildman–Crippen MR) is 69.6 cm³/mol. The van der Waals surface area contributed by atoms with E-state index in [0.29, 0.717) is 6.54 Å². The maximum absolute atomic E-state index is 13.1. The van der Waals surface area contributed by atoms with Crippen molar-refractivity contribution >= 4 is 5.69 Å². The lowest BCUT2D eigenvalue weighted by Gasteiger charge is -2.12. The van der Waals surface area contributed by atoms with Crippen molar-refractivity contribution in [3.8, 4) is 0 Å². The van der Waals surface area contributed by atoms with Crippen molar-refractivity contribution in [3.05, 3.63) is 64.5 Å². The highest BCUT2D eigenvalue weighted by Crippen LogP contribution is 2.20. The van der Waals surface area contributed by atoms with Crippen LogP contribution in [-0.4, -0.2) is 0 Å². The first-order valence-corrected chi connectivity index (χ1v) is 5.92. The van der Waals surface area contributed by atoms with Crippen LogP contribution < -0.4 is 5.32 Å². The molecule has 19 heavy (non-hydrogen) atoms. The van der Waals surface area contributed by atoms with E-state index in [4.69, 9.17) is 0 Å². The fourth-order valence-corrected chi connectivity index (χ4v) is 1.98. The van der Waals surface area contributed by atoms with Gasteiger partial charge in [-0.2, -0.15) is 0 Å². The molecule has 4 heteroatoms. The van der Waals surface area contributed by atoms with Crippen molar-refractivity contribution in [1.29, 1.82) is 0 Å². The Morgan fingerprint density at radius 1 is 0.947 bits per heavy atom. The molecule has 0 aliphatic rings. The second-order valence-electron chi connectivity index (χ2n) is 4.48. The van der Waals surface area contributed by atoms with Gasteiger partial charge in [-0.15, -0.1) is 0 Å². The molecule has 0 saturated carbocycles. The summed E-state index contributed by atoms with van der Waals surface area (Å²) in [5, 5.41) is 2.90. The van der Waals surface area contributed by atoms with Gasteiger partial charge in [0.2, 0.25) is 0 Å². The summed E-state index contributed by atoms with van der Waals surface area (Å²) in [5.74, 6) is -3.83. The molecule has 0 heterocycles. The molecule has 0 spiro atoms. The van der Waals surface area contributed by atoms with Crippen LogP contribution >= 0.6 is 0 Å². The third-order valence-electron chi connectivity index (χ3n) is 3.10. The molecule has 0 unspecified atom stereocenters. The average Bonchev–Trinajstić information content (AvgIpc) is 2.35. The van der Waals surface area contributed by atoms with Crippen molar-refractivity contribution in [2.24, 2.45) is 0 Å². The predicted octanol–water partition coefficient (Wildman–Crippen LogP) is 4.33. The molecule has 0 aromatic heterocycles. The van der Waals surface area contributed by atoms with E-state index in [2.05, 4.69) is 5.32 Å². The van der Waals surface area contributed by atoms with Gasteiger partial charge in [0.05, 0.1) is 0 Å². The molecule has 2 rings (SSSR count). The number of nitrogens with one attached hydrogen (secondary N) is 1. The number of hydrogen-bond acceptors (Lipinski definition) is 1. The van der Waals surface area contributed by atoms with Gasteiger partial charge in [0.1, 0.15) is 0 Å². The lowest BCUT2D eigenvalue weighted by Crippen LogP contribution is -2.05. The largest absolute Gasteiger partial charge is 0.381 e. The summed E-state index contributed by atoms with van der Waals surface area (Å²) >= 11 is 0.